The molecule has 0 fully saturated rings. The summed E-state index contributed by atoms with van der Waals surface area (Å²) in [4.78, 5) is 17.1. The molecule has 0 atom stereocenters. The summed E-state index contributed by atoms with van der Waals surface area (Å²) in [5.41, 5.74) is 0.847. The largest absolute Gasteiger partial charge is 0.490 e. The zero-order valence-corrected chi connectivity index (χ0v) is 8.70. The number of halogens is 1. The lowest BCUT2D eigenvalue weighted by Crippen LogP contribution is -2.01. The minimum atomic E-state index is -0.643. The standard InChI is InChI=1S/C8H6ClN5O2/c9-7-3-6(1-2-10-7)4-13-5-11-8(12-13)14(15)16/h1-3,5H,4H2. The van der Waals surface area contributed by atoms with Crippen molar-refractivity contribution in [3.05, 3.63) is 45.5 Å². The molecule has 0 saturated carbocycles. The molecule has 16 heavy (non-hydrogen) atoms. The molecule has 0 amide bonds. The molecule has 0 aliphatic rings. The Morgan fingerprint density at radius 3 is 2.94 bits per heavy atom. The van der Waals surface area contributed by atoms with E-state index in [-0.39, 0.29) is 0 Å². The van der Waals surface area contributed by atoms with Crippen LogP contribution in [0.3, 0.4) is 0 Å². The van der Waals surface area contributed by atoms with Gasteiger partial charge in [0, 0.05) is 11.3 Å². The second-order valence-corrected chi connectivity index (χ2v) is 3.37. The number of pyridine rings is 1. The first-order chi connectivity index (χ1) is 7.65. The van der Waals surface area contributed by atoms with Crippen LogP contribution in [-0.2, 0) is 6.54 Å². The summed E-state index contributed by atoms with van der Waals surface area (Å²) >= 11 is 5.70. The van der Waals surface area contributed by atoms with E-state index in [0.717, 1.165) is 5.56 Å². The molecule has 2 rings (SSSR count). The number of nitrogens with zero attached hydrogens (tertiary/aromatic N) is 5. The van der Waals surface area contributed by atoms with E-state index in [0.29, 0.717) is 11.7 Å². The van der Waals surface area contributed by atoms with Gasteiger partial charge in [0.05, 0.1) is 6.54 Å². The Kier molecular flexibility index (Phi) is 2.78. The van der Waals surface area contributed by atoms with E-state index in [1.807, 2.05) is 0 Å². The smallest absolute Gasteiger partial charge is 0.390 e. The van der Waals surface area contributed by atoms with E-state index < -0.39 is 10.9 Å². The van der Waals surface area contributed by atoms with E-state index in [9.17, 15) is 10.1 Å². The summed E-state index contributed by atoms with van der Waals surface area (Å²) in [7, 11) is 0. The van der Waals surface area contributed by atoms with Gasteiger partial charge in [-0.05, 0) is 22.6 Å². The highest BCUT2D eigenvalue weighted by atomic mass is 35.5. The van der Waals surface area contributed by atoms with Crippen molar-refractivity contribution in [2.45, 2.75) is 6.54 Å². The molecule has 8 heteroatoms. The molecule has 0 saturated heterocycles. The van der Waals surface area contributed by atoms with Crippen LogP contribution in [0, 0.1) is 10.1 Å². The maximum atomic E-state index is 10.4. The van der Waals surface area contributed by atoms with Crippen LogP contribution >= 0.6 is 11.6 Å². The minimum absolute atomic E-state index is 0.364. The van der Waals surface area contributed by atoms with E-state index >= 15 is 0 Å². The molecule has 2 aromatic heterocycles. The number of aromatic nitrogens is 4. The molecule has 0 N–H and O–H groups in total. The van der Waals surface area contributed by atoms with Gasteiger partial charge in [-0.3, -0.25) is 0 Å². The second-order valence-electron chi connectivity index (χ2n) is 2.99. The Hall–Kier alpha value is -2.02. The molecule has 0 aliphatic carbocycles. The fourth-order valence-electron chi connectivity index (χ4n) is 1.17. The zero-order chi connectivity index (χ0) is 11.5. The molecular weight excluding hydrogens is 234 g/mol. The lowest BCUT2D eigenvalue weighted by molar-refractivity contribution is -0.394. The molecule has 0 bridgehead atoms. The summed E-state index contributed by atoms with van der Waals surface area (Å²) in [6.07, 6.45) is 2.86. The van der Waals surface area contributed by atoms with Crippen molar-refractivity contribution in [1.29, 1.82) is 0 Å². The Morgan fingerprint density at radius 2 is 2.31 bits per heavy atom. The van der Waals surface area contributed by atoms with Crippen molar-refractivity contribution in [2.75, 3.05) is 0 Å². The third-order valence-electron chi connectivity index (χ3n) is 1.82. The van der Waals surface area contributed by atoms with Crippen LogP contribution in [-0.4, -0.2) is 24.7 Å². The molecule has 2 aromatic rings. The molecule has 0 spiro atoms. The normalized spacial score (nSPS) is 10.3. The lowest BCUT2D eigenvalue weighted by Gasteiger charge is -1.97. The number of nitro groups is 1. The van der Waals surface area contributed by atoms with E-state index in [1.54, 1.807) is 18.3 Å². The molecule has 7 nitrogen and oxygen atoms in total. The molecule has 0 unspecified atom stereocenters. The number of rotatable bonds is 3. The quantitative estimate of drug-likeness (QED) is 0.457. The Morgan fingerprint density at radius 1 is 1.50 bits per heavy atom. The first kappa shape index (κ1) is 10.5. The summed E-state index contributed by atoms with van der Waals surface area (Å²) in [5, 5.41) is 14.4. The third kappa shape index (κ3) is 2.31. The average molecular weight is 240 g/mol. The monoisotopic (exact) mass is 239 g/mol. The Labute approximate surface area is 94.9 Å². The van der Waals surface area contributed by atoms with Crippen LogP contribution < -0.4 is 0 Å². The third-order valence-corrected chi connectivity index (χ3v) is 2.03. The van der Waals surface area contributed by atoms with Crippen molar-refractivity contribution >= 4 is 17.5 Å². The van der Waals surface area contributed by atoms with Crippen LogP contribution in [0.4, 0.5) is 5.95 Å². The molecule has 2 heterocycles. The van der Waals surface area contributed by atoms with E-state index in [2.05, 4.69) is 15.1 Å². The maximum absolute atomic E-state index is 10.4. The maximum Gasteiger partial charge on any atom is 0.490 e. The highest BCUT2D eigenvalue weighted by Crippen LogP contribution is 2.09. The summed E-state index contributed by atoms with van der Waals surface area (Å²) in [6, 6.07) is 3.41. The lowest BCUT2D eigenvalue weighted by atomic mass is 10.3. The Balaban J connectivity index is 2.17. The topological polar surface area (TPSA) is 86.7 Å². The fourth-order valence-corrected chi connectivity index (χ4v) is 1.37. The highest BCUT2D eigenvalue weighted by Gasteiger charge is 2.12. The number of hydrogen-bond acceptors (Lipinski definition) is 5. The summed E-state index contributed by atoms with van der Waals surface area (Å²) < 4.78 is 1.36. The van der Waals surface area contributed by atoms with E-state index in [4.69, 9.17) is 11.6 Å². The second kappa shape index (κ2) is 4.23. The van der Waals surface area contributed by atoms with Crippen molar-refractivity contribution in [3.63, 3.8) is 0 Å². The fraction of sp³-hybridized carbons (Fsp3) is 0.125. The van der Waals surface area contributed by atoms with Gasteiger partial charge in [0.25, 0.3) is 0 Å². The SMILES string of the molecule is O=[N+]([O-])c1ncn(Cc2ccnc(Cl)c2)n1. The van der Waals surface area contributed by atoms with Gasteiger partial charge in [0.1, 0.15) is 5.15 Å². The number of hydrogen-bond donors (Lipinski definition) is 0. The summed E-state index contributed by atoms with van der Waals surface area (Å²) in [5.74, 6) is -0.417. The van der Waals surface area contributed by atoms with Crippen LogP contribution in [0.25, 0.3) is 0 Å². The molecule has 0 aromatic carbocycles. The van der Waals surface area contributed by atoms with Gasteiger partial charge in [-0.25, -0.2) is 4.98 Å². The van der Waals surface area contributed by atoms with Gasteiger partial charge in [-0.15, -0.1) is 0 Å². The van der Waals surface area contributed by atoms with Crippen LogP contribution in [0.1, 0.15) is 5.56 Å². The minimum Gasteiger partial charge on any atom is -0.390 e. The van der Waals surface area contributed by atoms with Gasteiger partial charge in [0.2, 0.25) is 6.33 Å². The van der Waals surface area contributed by atoms with Crippen molar-refractivity contribution < 1.29 is 4.92 Å². The van der Waals surface area contributed by atoms with Crippen molar-refractivity contribution in [2.24, 2.45) is 0 Å². The molecule has 0 aliphatic heterocycles. The van der Waals surface area contributed by atoms with Gasteiger partial charge in [0.15, 0.2) is 0 Å². The van der Waals surface area contributed by atoms with Crippen LogP contribution in [0.5, 0.6) is 0 Å². The van der Waals surface area contributed by atoms with Crippen molar-refractivity contribution in [1.82, 2.24) is 19.7 Å². The van der Waals surface area contributed by atoms with Gasteiger partial charge < -0.3 is 10.1 Å². The Bertz CT molecular complexity index is 527. The summed E-state index contributed by atoms with van der Waals surface area (Å²) in [6.45, 7) is 0.364. The molecule has 0 radical (unpaired) electrons. The predicted octanol–water partition coefficient (Wildman–Crippen LogP) is 1.28. The van der Waals surface area contributed by atoms with Gasteiger partial charge in [-0.2, -0.15) is 4.68 Å². The molecular formula is C8H6ClN5O2. The van der Waals surface area contributed by atoms with Crippen molar-refractivity contribution in [3.8, 4) is 0 Å². The highest BCUT2D eigenvalue weighted by molar-refractivity contribution is 6.29. The van der Waals surface area contributed by atoms with Crippen LogP contribution in [0.2, 0.25) is 5.15 Å². The molecule has 82 valence electrons. The predicted molar refractivity (Wildman–Crippen MR) is 55.0 cm³/mol. The van der Waals surface area contributed by atoms with Crippen LogP contribution in [0.15, 0.2) is 24.7 Å². The van der Waals surface area contributed by atoms with E-state index in [1.165, 1.54) is 11.0 Å². The van der Waals surface area contributed by atoms with Gasteiger partial charge in [-0.1, -0.05) is 16.6 Å². The first-order valence-electron chi connectivity index (χ1n) is 4.29. The first-order valence-corrected chi connectivity index (χ1v) is 4.67. The average Bonchev–Trinajstić information content (AvgIpc) is 2.66. The van der Waals surface area contributed by atoms with Gasteiger partial charge >= 0.3 is 5.95 Å². The zero-order valence-electron chi connectivity index (χ0n) is 7.95.